The van der Waals surface area contributed by atoms with Crippen molar-refractivity contribution in [2.45, 2.75) is 6.18 Å². The third-order valence-corrected chi connectivity index (χ3v) is 2.84. The minimum Gasteiger partial charge on any atom is -0.436 e. The lowest BCUT2D eigenvalue weighted by Gasteiger charge is -2.10. The smallest absolute Gasteiger partial charge is 0.433 e. The van der Waals surface area contributed by atoms with Crippen LogP contribution in [0.2, 0.25) is 0 Å². The number of pyridine rings is 1. The van der Waals surface area contributed by atoms with Crippen LogP contribution in [0.3, 0.4) is 0 Å². The number of halogens is 3. The van der Waals surface area contributed by atoms with Gasteiger partial charge in [0.2, 0.25) is 5.88 Å². The van der Waals surface area contributed by atoms with Crippen LogP contribution in [-0.4, -0.2) is 24.7 Å². The fraction of sp³-hybridized carbons (Fsp3) is 0.143. The Labute approximate surface area is 128 Å². The van der Waals surface area contributed by atoms with E-state index in [-0.39, 0.29) is 17.5 Å². The van der Waals surface area contributed by atoms with Gasteiger partial charge in [0.25, 0.3) is 0 Å². The molecule has 0 saturated heterocycles. The van der Waals surface area contributed by atoms with Crippen molar-refractivity contribution in [3.05, 3.63) is 48.7 Å². The van der Waals surface area contributed by atoms with Crippen molar-refractivity contribution in [2.24, 2.45) is 7.05 Å². The summed E-state index contributed by atoms with van der Waals surface area (Å²) in [6.07, 6.45) is 1.17. The average molecular weight is 321 g/mol. The molecule has 3 aromatic heterocycles. The van der Waals surface area contributed by atoms with Crippen LogP contribution in [0.5, 0.6) is 11.6 Å². The van der Waals surface area contributed by atoms with E-state index in [1.54, 1.807) is 7.05 Å². The topological polar surface area (TPSA) is 65.7 Å². The summed E-state index contributed by atoms with van der Waals surface area (Å²) in [5.41, 5.74) is -0.680. The summed E-state index contributed by atoms with van der Waals surface area (Å²) in [5.74, 6) is -0.0340. The number of alkyl halides is 3. The van der Waals surface area contributed by atoms with Gasteiger partial charge in [-0.2, -0.15) is 23.3 Å². The molecule has 0 unspecified atom stereocenters. The van der Waals surface area contributed by atoms with Crippen molar-refractivity contribution in [2.75, 3.05) is 0 Å². The third-order valence-electron chi connectivity index (χ3n) is 2.84. The van der Waals surface area contributed by atoms with Crippen LogP contribution in [0.15, 0.2) is 43.0 Å². The van der Waals surface area contributed by atoms with Crippen molar-refractivity contribution < 1.29 is 17.9 Å². The zero-order valence-electron chi connectivity index (χ0n) is 11.8. The maximum absolute atomic E-state index is 13.0. The van der Waals surface area contributed by atoms with Crippen LogP contribution < -0.4 is 4.74 Å². The van der Waals surface area contributed by atoms with E-state index < -0.39 is 11.9 Å². The second-order valence-electron chi connectivity index (χ2n) is 4.60. The maximum atomic E-state index is 13.0. The molecule has 6 nitrogen and oxygen atoms in total. The molecule has 0 fully saturated rings. The van der Waals surface area contributed by atoms with E-state index in [2.05, 4.69) is 20.1 Å². The molecule has 0 radical (unpaired) electrons. The lowest BCUT2D eigenvalue weighted by molar-refractivity contribution is -0.141. The molecular weight excluding hydrogens is 311 g/mol. The van der Waals surface area contributed by atoms with Crippen LogP contribution in [-0.2, 0) is 13.2 Å². The SMILES string of the molecule is Cn1cc(Oc2cc(C(F)(F)F)nc(-c3ccncc3)n2)cn1. The Morgan fingerprint density at radius 2 is 1.87 bits per heavy atom. The molecule has 9 heteroatoms. The Bertz CT molecular complexity index is 817. The lowest BCUT2D eigenvalue weighted by Crippen LogP contribution is -2.10. The van der Waals surface area contributed by atoms with E-state index in [0.717, 1.165) is 6.07 Å². The zero-order valence-corrected chi connectivity index (χ0v) is 11.8. The Morgan fingerprint density at radius 3 is 2.48 bits per heavy atom. The maximum Gasteiger partial charge on any atom is 0.433 e. The minimum absolute atomic E-state index is 0.0962. The zero-order chi connectivity index (χ0) is 16.4. The van der Waals surface area contributed by atoms with Crippen molar-refractivity contribution in [1.29, 1.82) is 0 Å². The summed E-state index contributed by atoms with van der Waals surface area (Å²) in [4.78, 5) is 11.4. The van der Waals surface area contributed by atoms with Gasteiger partial charge in [0.05, 0.1) is 12.4 Å². The number of aryl methyl sites for hydroxylation is 1. The quantitative estimate of drug-likeness (QED) is 0.741. The van der Waals surface area contributed by atoms with Gasteiger partial charge in [-0.3, -0.25) is 9.67 Å². The molecule has 0 saturated carbocycles. The minimum atomic E-state index is -4.61. The van der Waals surface area contributed by atoms with Gasteiger partial charge in [-0.25, -0.2) is 4.98 Å². The van der Waals surface area contributed by atoms with Gasteiger partial charge in [0.15, 0.2) is 17.3 Å². The number of aromatic nitrogens is 5. The Balaban J connectivity index is 2.05. The Hall–Kier alpha value is -2.97. The Morgan fingerprint density at radius 1 is 1.13 bits per heavy atom. The second-order valence-corrected chi connectivity index (χ2v) is 4.60. The first-order chi connectivity index (χ1) is 10.9. The van der Waals surface area contributed by atoms with Gasteiger partial charge >= 0.3 is 6.18 Å². The molecule has 3 heterocycles. The number of nitrogens with zero attached hydrogens (tertiary/aromatic N) is 5. The monoisotopic (exact) mass is 321 g/mol. The molecule has 0 spiro atoms. The highest BCUT2D eigenvalue weighted by atomic mass is 19.4. The van der Waals surface area contributed by atoms with E-state index in [9.17, 15) is 13.2 Å². The largest absolute Gasteiger partial charge is 0.436 e. The number of ether oxygens (including phenoxy) is 1. The molecule has 0 aliphatic carbocycles. The van der Waals surface area contributed by atoms with E-state index in [1.165, 1.54) is 41.6 Å². The highest BCUT2D eigenvalue weighted by Gasteiger charge is 2.34. The fourth-order valence-electron chi connectivity index (χ4n) is 1.82. The first-order valence-corrected chi connectivity index (χ1v) is 6.45. The van der Waals surface area contributed by atoms with Gasteiger partial charge in [-0.15, -0.1) is 0 Å². The van der Waals surface area contributed by atoms with E-state index in [4.69, 9.17) is 4.74 Å². The molecular formula is C14H10F3N5O. The van der Waals surface area contributed by atoms with Crippen LogP contribution in [0.25, 0.3) is 11.4 Å². The third kappa shape index (κ3) is 3.44. The summed E-state index contributed by atoms with van der Waals surface area (Å²) >= 11 is 0. The summed E-state index contributed by atoms with van der Waals surface area (Å²) in [6, 6.07) is 3.78. The van der Waals surface area contributed by atoms with Gasteiger partial charge < -0.3 is 4.74 Å². The molecule has 0 aliphatic heterocycles. The molecule has 0 amide bonds. The van der Waals surface area contributed by atoms with Crippen LogP contribution in [0.1, 0.15) is 5.69 Å². The van der Waals surface area contributed by atoms with Crippen molar-refractivity contribution in [3.8, 4) is 23.0 Å². The van der Waals surface area contributed by atoms with E-state index in [0.29, 0.717) is 5.56 Å². The molecule has 0 aliphatic rings. The molecule has 3 aromatic rings. The predicted octanol–water partition coefficient (Wildman–Crippen LogP) is 3.08. The first kappa shape index (κ1) is 14.9. The summed E-state index contributed by atoms with van der Waals surface area (Å²) in [5, 5.41) is 3.88. The molecule has 118 valence electrons. The number of hydrogen-bond donors (Lipinski definition) is 0. The highest BCUT2D eigenvalue weighted by molar-refractivity contribution is 5.54. The van der Waals surface area contributed by atoms with Crippen LogP contribution in [0.4, 0.5) is 13.2 Å². The number of hydrogen-bond acceptors (Lipinski definition) is 5. The normalized spacial score (nSPS) is 11.5. The number of rotatable bonds is 3. The molecule has 0 aromatic carbocycles. The summed E-state index contributed by atoms with van der Waals surface area (Å²) < 4.78 is 45.9. The first-order valence-electron chi connectivity index (χ1n) is 6.45. The van der Waals surface area contributed by atoms with E-state index >= 15 is 0 Å². The molecule has 3 rings (SSSR count). The van der Waals surface area contributed by atoms with Crippen LogP contribution in [0, 0.1) is 0 Å². The van der Waals surface area contributed by atoms with Crippen molar-refractivity contribution >= 4 is 0 Å². The van der Waals surface area contributed by atoms with Gasteiger partial charge in [0.1, 0.15) is 0 Å². The molecule has 0 atom stereocenters. The molecule has 0 bridgehead atoms. The average Bonchev–Trinajstić information content (AvgIpc) is 2.92. The van der Waals surface area contributed by atoms with Crippen LogP contribution >= 0.6 is 0 Å². The summed E-state index contributed by atoms with van der Waals surface area (Å²) in [7, 11) is 1.66. The fourth-order valence-corrected chi connectivity index (χ4v) is 1.82. The summed E-state index contributed by atoms with van der Waals surface area (Å²) in [6.45, 7) is 0. The van der Waals surface area contributed by atoms with E-state index in [1.807, 2.05) is 0 Å². The predicted molar refractivity (Wildman–Crippen MR) is 73.5 cm³/mol. The molecule has 23 heavy (non-hydrogen) atoms. The van der Waals surface area contributed by atoms with Crippen molar-refractivity contribution in [1.82, 2.24) is 24.7 Å². The van der Waals surface area contributed by atoms with Gasteiger partial charge in [-0.1, -0.05) is 0 Å². The van der Waals surface area contributed by atoms with Gasteiger partial charge in [0, 0.05) is 31.1 Å². The van der Waals surface area contributed by atoms with Crippen molar-refractivity contribution in [3.63, 3.8) is 0 Å². The second kappa shape index (κ2) is 5.67. The Kier molecular flexibility index (Phi) is 3.68. The standard InChI is InChI=1S/C14H10F3N5O/c1-22-8-10(7-19-22)23-12-6-11(14(15,16)17)20-13(21-12)9-2-4-18-5-3-9/h2-8H,1H3. The lowest BCUT2D eigenvalue weighted by atomic mass is 10.2. The highest BCUT2D eigenvalue weighted by Crippen LogP contribution is 2.32. The molecule has 0 N–H and O–H groups in total. The van der Waals surface area contributed by atoms with Gasteiger partial charge in [-0.05, 0) is 12.1 Å².